The van der Waals surface area contributed by atoms with E-state index in [-0.39, 0.29) is 0 Å². The molecule has 21 heavy (non-hydrogen) atoms. The maximum Gasteiger partial charge on any atom is 0.0361 e. The van der Waals surface area contributed by atoms with Crippen LogP contribution < -0.4 is 0 Å². The molecule has 0 aliphatic carbocycles. The van der Waals surface area contributed by atoms with Crippen molar-refractivity contribution in [3.05, 3.63) is 57.9 Å². The number of unbranched alkanes of at least 4 members (excludes halogenated alkanes) is 2. The molecule has 1 aromatic heterocycles. The smallest absolute Gasteiger partial charge is 0.0361 e. The van der Waals surface area contributed by atoms with Gasteiger partial charge in [-0.1, -0.05) is 56.2 Å². The highest BCUT2D eigenvalue weighted by Gasteiger charge is 2.04. The Morgan fingerprint density at radius 3 is 2.48 bits per heavy atom. The van der Waals surface area contributed by atoms with Gasteiger partial charge in [-0.05, 0) is 51.5 Å². The molecule has 0 atom stereocenters. The molecule has 2 aromatic carbocycles. The average Bonchev–Trinajstić information content (AvgIpc) is 2.89. The average molecular weight is 359 g/mol. The van der Waals surface area contributed by atoms with Gasteiger partial charge in [-0.25, -0.2) is 0 Å². The lowest BCUT2D eigenvalue weighted by molar-refractivity contribution is 0.717. The number of fused-ring (bicyclic) bond motifs is 1. The van der Waals surface area contributed by atoms with E-state index < -0.39 is 0 Å². The fourth-order valence-corrected chi connectivity index (χ4v) is 4.23. The van der Waals surface area contributed by atoms with Crippen molar-refractivity contribution in [3.63, 3.8) is 0 Å². The van der Waals surface area contributed by atoms with Gasteiger partial charge in [-0.2, -0.15) is 0 Å². The third kappa shape index (κ3) is 3.38. The molecule has 2 heteroatoms. The van der Waals surface area contributed by atoms with Crippen LogP contribution in [-0.4, -0.2) is 0 Å². The van der Waals surface area contributed by atoms with E-state index in [0.717, 1.165) is 0 Å². The molecule has 0 fully saturated rings. The van der Waals surface area contributed by atoms with Crippen molar-refractivity contribution in [2.24, 2.45) is 0 Å². The van der Waals surface area contributed by atoms with E-state index in [2.05, 4.69) is 70.7 Å². The first kappa shape index (κ1) is 14.8. The van der Waals surface area contributed by atoms with E-state index in [9.17, 15) is 0 Å². The summed E-state index contributed by atoms with van der Waals surface area (Å²) in [6, 6.07) is 15.8. The molecule has 0 saturated carbocycles. The lowest BCUT2D eigenvalue weighted by Crippen LogP contribution is -1.85. The van der Waals surface area contributed by atoms with Gasteiger partial charge in [0.05, 0.1) is 0 Å². The largest absolute Gasteiger partial charge is 0.143 e. The molecule has 108 valence electrons. The van der Waals surface area contributed by atoms with Crippen molar-refractivity contribution in [2.45, 2.75) is 32.6 Å². The van der Waals surface area contributed by atoms with Gasteiger partial charge in [-0.3, -0.25) is 0 Å². The van der Waals surface area contributed by atoms with Crippen LogP contribution in [0, 0.1) is 0 Å². The van der Waals surface area contributed by atoms with Crippen molar-refractivity contribution in [3.8, 4) is 11.1 Å². The van der Waals surface area contributed by atoms with Crippen molar-refractivity contribution in [1.29, 1.82) is 0 Å². The van der Waals surface area contributed by atoms with Crippen LogP contribution in [0.15, 0.2) is 52.3 Å². The van der Waals surface area contributed by atoms with E-state index in [1.54, 1.807) is 11.3 Å². The van der Waals surface area contributed by atoms with Gasteiger partial charge in [-0.15, -0.1) is 11.3 Å². The highest BCUT2D eigenvalue weighted by molar-refractivity contribution is 9.10. The number of aryl methyl sites for hydroxylation is 1. The van der Waals surface area contributed by atoms with Crippen LogP contribution in [0.25, 0.3) is 21.2 Å². The van der Waals surface area contributed by atoms with E-state index in [4.69, 9.17) is 0 Å². The molecule has 0 aliphatic rings. The zero-order valence-electron chi connectivity index (χ0n) is 12.2. The number of hydrogen-bond acceptors (Lipinski definition) is 1. The Balaban J connectivity index is 1.81. The zero-order valence-corrected chi connectivity index (χ0v) is 14.6. The Morgan fingerprint density at radius 2 is 1.71 bits per heavy atom. The summed E-state index contributed by atoms with van der Waals surface area (Å²) in [7, 11) is 0. The molecule has 0 radical (unpaired) electrons. The predicted octanol–water partition coefficient (Wildman–Crippen LogP) is 7.06. The fraction of sp³-hybridized carbons (Fsp3) is 0.263. The fourth-order valence-electron chi connectivity index (χ4n) is 2.62. The molecule has 0 spiro atoms. The van der Waals surface area contributed by atoms with Crippen LogP contribution in [0.4, 0.5) is 0 Å². The number of rotatable bonds is 5. The van der Waals surface area contributed by atoms with Gasteiger partial charge >= 0.3 is 0 Å². The molecule has 0 saturated heterocycles. The van der Waals surface area contributed by atoms with Crippen LogP contribution in [0.1, 0.15) is 31.7 Å². The van der Waals surface area contributed by atoms with Gasteiger partial charge in [0.15, 0.2) is 0 Å². The van der Waals surface area contributed by atoms with E-state index in [1.807, 2.05) is 0 Å². The van der Waals surface area contributed by atoms with Crippen LogP contribution in [-0.2, 0) is 6.42 Å². The van der Waals surface area contributed by atoms with Crippen LogP contribution >= 0.6 is 27.3 Å². The number of thiophene rings is 1. The van der Waals surface area contributed by atoms with Gasteiger partial charge in [0.2, 0.25) is 0 Å². The standard InChI is InChI=1S/C19H19BrS/c1-2-3-4-5-14-6-8-15(9-7-14)16-10-11-17-18(20)13-21-19(17)12-16/h6-13H,2-5H2,1H3. The lowest BCUT2D eigenvalue weighted by Gasteiger charge is -2.05. The molecule has 0 bridgehead atoms. The first-order chi connectivity index (χ1) is 10.3. The molecule has 1 heterocycles. The monoisotopic (exact) mass is 358 g/mol. The summed E-state index contributed by atoms with van der Waals surface area (Å²) in [4.78, 5) is 0. The summed E-state index contributed by atoms with van der Waals surface area (Å²) in [5, 5.41) is 3.46. The second-order valence-corrected chi connectivity index (χ2v) is 7.21. The van der Waals surface area contributed by atoms with Crippen LogP contribution in [0.5, 0.6) is 0 Å². The summed E-state index contributed by atoms with van der Waals surface area (Å²) in [5.41, 5.74) is 4.06. The normalized spacial score (nSPS) is 11.1. The number of halogens is 1. The Hall–Kier alpha value is -1.12. The van der Waals surface area contributed by atoms with Gasteiger partial charge in [0, 0.05) is 19.9 Å². The third-order valence-electron chi connectivity index (χ3n) is 3.88. The maximum absolute atomic E-state index is 3.60. The maximum atomic E-state index is 3.60. The van der Waals surface area contributed by atoms with Gasteiger partial charge in [0.1, 0.15) is 0 Å². The first-order valence-electron chi connectivity index (χ1n) is 7.54. The molecule has 0 N–H and O–H groups in total. The summed E-state index contributed by atoms with van der Waals surface area (Å²) in [6.45, 7) is 2.25. The van der Waals surface area contributed by atoms with Gasteiger partial charge in [0.25, 0.3) is 0 Å². The Kier molecular flexibility index (Phi) is 4.77. The Morgan fingerprint density at radius 1 is 0.952 bits per heavy atom. The van der Waals surface area contributed by atoms with Crippen molar-refractivity contribution in [2.75, 3.05) is 0 Å². The molecular weight excluding hydrogens is 340 g/mol. The van der Waals surface area contributed by atoms with E-state index in [1.165, 1.54) is 56.9 Å². The SMILES string of the molecule is CCCCCc1ccc(-c2ccc3c(Br)csc3c2)cc1. The first-order valence-corrected chi connectivity index (χ1v) is 9.21. The topological polar surface area (TPSA) is 0 Å². The molecule has 0 unspecified atom stereocenters. The minimum Gasteiger partial charge on any atom is -0.143 e. The molecule has 0 amide bonds. The second kappa shape index (κ2) is 6.76. The lowest BCUT2D eigenvalue weighted by atomic mass is 10.0. The zero-order chi connectivity index (χ0) is 14.7. The van der Waals surface area contributed by atoms with Crippen LogP contribution in [0.2, 0.25) is 0 Å². The van der Waals surface area contributed by atoms with Crippen molar-refractivity contribution in [1.82, 2.24) is 0 Å². The Labute approximate surface area is 139 Å². The minimum atomic E-state index is 1.19. The highest BCUT2D eigenvalue weighted by atomic mass is 79.9. The highest BCUT2D eigenvalue weighted by Crippen LogP contribution is 2.33. The number of benzene rings is 2. The summed E-state index contributed by atoms with van der Waals surface area (Å²) in [5.74, 6) is 0. The Bertz CT molecular complexity index is 725. The van der Waals surface area contributed by atoms with E-state index in [0.29, 0.717) is 0 Å². The quantitative estimate of drug-likeness (QED) is 0.428. The van der Waals surface area contributed by atoms with E-state index >= 15 is 0 Å². The number of hydrogen-bond donors (Lipinski definition) is 0. The third-order valence-corrected chi connectivity index (χ3v) is 5.79. The summed E-state index contributed by atoms with van der Waals surface area (Å²) < 4.78 is 2.53. The van der Waals surface area contributed by atoms with Crippen molar-refractivity contribution < 1.29 is 0 Å². The van der Waals surface area contributed by atoms with Gasteiger partial charge < -0.3 is 0 Å². The summed E-state index contributed by atoms with van der Waals surface area (Å²) >= 11 is 5.39. The molecule has 3 aromatic rings. The molecule has 0 nitrogen and oxygen atoms in total. The predicted molar refractivity (Wildman–Crippen MR) is 98.2 cm³/mol. The minimum absolute atomic E-state index is 1.19. The van der Waals surface area contributed by atoms with Crippen LogP contribution in [0.3, 0.4) is 0 Å². The summed E-state index contributed by atoms with van der Waals surface area (Å²) in [6.07, 6.45) is 5.11. The second-order valence-electron chi connectivity index (χ2n) is 5.45. The molecule has 0 aliphatic heterocycles. The van der Waals surface area contributed by atoms with Crippen molar-refractivity contribution >= 4 is 37.4 Å². The molecule has 3 rings (SSSR count). The molecular formula is C19H19BrS.